The van der Waals surface area contributed by atoms with Crippen molar-refractivity contribution in [1.29, 1.82) is 0 Å². The molecule has 0 aliphatic rings. The SMILES string of the molecule is Cc1ccc(C(C)NC(C)c2cccc(F)c2F)cc1. The maximum absolute atomic E-state index is 13.7. The van der Waals surface area contributed by atoms with E-state index < -0.39 is 11.6 Å². The van der Waals surface area contributed by atoms with Crippen LogP contribution in [-0.4, -0.2) is 0 Å². The van der Waals surface area contributed by atoms with Gasteiger partial charge in [0.05, 0.1) is 0 Å². The molecular weight excluding hydrogens is 256 g/mol. The van der Waals surface area contributed by atoms with E-state index in [1.165, 1.54) is 11.6 Å². The highest BCUT2D eigenvalue weighted by Gasteiger charge is 2.16. The molecule has 2 aromatic rings. The molecule has 2 atom stereocenters. The van der Waals surface area contributed by atoms with Crippen LogP contribution in [0.5, 0.6) is 0 Å². The van der Waals surface area contributed by atoms with Crippen molar-refractivity contribution in [2.45, 2.75) is 32.9 Å². The molecule has 3 heteroatoms. The molecule has 0 aliphatic carbocycles. The predicted molar refractivity (Wildman–Crippen MR) is 77.5 cm³/mol. The van der Waals surface area contributed by atoms with Gasteiger partial charge in [-0.05, 0) is 32.4 Å². The first kappa shape index (κ1) is 14.7. The molecule has 20 heavy (non-hydrogen) atoms. The van der Waals surface area contributed by atoms with Gasteiger partial charge in [0.2, 0.25) is 0 Å². The highest BCUT2D eigenvalue weighted by Crippen LogP contribution is 2.23. The van der Waals surface area contributed by atoms with Gasteiger partial charge in [-0.25, -0.2) is 8.78 Å². The summed E-state index contributed by atoms with van der Waals surface area (Å²) in [6, 6.07) is 12.2. The fourth-order valence-electron chi connectivity index (χ4n) is 2.27. The van der Waals surface area contributed by atoms with Crippen LogP contribution in [0.4, 0.5) is 8.78 Å². The van der Waals surface area contributed by atoms with Crippen molar-refractivity contribution in [1.82, 2.24) is 5.32 Å². The summed E-state index contributed by atoms with van der Waals surface area (Å²) < 4.78 is 27.0. The van der Waals surface area contributed by atoms with Gasteiger partial charge >= 0.3 is 0 Å². The van der Waals surface area contributed by atoms with E-state index in [4.69, 9.17) is 0 Å². The van der Waals surface area contributed by atoms with E-state index in [1.807, 2.05) is 45.0 Å². The Bertz CT molecular complexity index is 578. The number of hydrogen-bond donors (Lipinski definition) is 1. The molecule has 0 amide bonds. The van der Waals surface area contributed by atoms with Gasteiger partial charge in [0.15, 0.2) is 11.6 Å². The molecule has 0 radical (unpaired) electrons. The number of nitrogens with one attached hydrogen (secondary N) is 1. The minimum atomic E-state index is -0.806. The van der Waals surface area contributed by atoms with Crippen molar-refractivity contribution in [3.63, 3.8) is 0 Å². The maximum atomic E-state index is 13.7. The maximum Gasteiger partial charge on any atom is 0.163 e. The van der Waals surface area contributed by atoms with Crippen LogP contribution in [0.15, 0.2) is 42.5 Å². The summed E-state index contributed by atoms with van der Waals surface area (Å²) in [6.45, 7) is 5.88. The zero-order valence-corrected chi connectivity index (χ0v) is 12.0. The first-order valence-corrected chi connectivity index (χ1v) is 6.75. The Morgan fingerprint density at radius 2 is 1.55 bits per heavy atom. The molecule has 0 aromatic heterocycles. The first-order chi connectivity index (χ1) is 9.49. The lowest BCUT2D eigenvalue weighted by molar-refractivity contribution is 0.449. The number of hydrogen-bond acceptors (Lipinski definition) is 1. The molecule has 0 aliphatic heterocycles. The first-order valence-electron chi connectivity index (χ1n) is 6.75. The minimum absolute atomic E-state index is 0.0632. The van der Waals surface area contributed by atoms with E-state index in [9.17, 15) is 8.78 Å². The summed E-state index contributed by atoms with van der Waals surface area (Å²) in [4.78, 5) is 0. The molecule has 2 rings (SSSR count). The molecule has 0 heterocycles. The van der Waals surface area contributed by atoms with Crippen molar-refractivity contribution < 1.29 is 8.78 Å². The predicted octanol–water partition coefficient (Wildman–Crippen LogP) is 4.69. The van der Waals surface area contributed by atoms with Crippen LogP contribution in [0.1, 0.15) is 42.6 Å². The van der Waals surface area contributed by atoms with Crippen molar-refractivity contribution >= 4 is 0 Å². The van der Waals surface area contributed by atoms with Gasteiger partial charge in [-0.1, -0.05) is 42.0 Å². The van der Waals surface area contributed by atoms with E-state index in [2.05, 4.69) is 5.32 Å². The lowest BCUT2D eigenvalue weighted by Crippen LogP contribution is -2.23. The van der Waals surface area contributed by atoms with Gasteiger partial charge < -0.3 is 5.32 Å². The highest BCUT2D eigenvalue weighted by molar-refractivity contribution is 5.25. The molecule has 1 nitrogen and oxygen atoms in total. The van der Waals surface area contributed by atoms with Crippen LogP contribution in [0, 0.1) is 18.6 Å². The second kappa shape index (κ2) is 6.14. The third-order valence-electron chi connectivity index (χ3n) is 3.53. The second-order valence-electron chi connectivity index (χ2n) is 5.16. The van der Waals surface area contributed by atoms with Crippen molar-refractivity contribution in [3.8, 4) is 0 Å². The van der Waals surface area contributed by atoms with Gasteiger partial charge in [0.25, 0.3) is 0 Å². The molecule has 106 valence electrons. The van der Waals surface area contributed by atoms with E-state index >= 15 is 0 Å². The molecule has 0 bridgehead atoms. The molecule has 1 N–H and O–H groups in total. The molecule has 0 spiro atoms. The average molecular weight is 275 g/mol. The Labute approximate surface area is 118 Å². The summed E-state index contributed by atoms with van der Waals surface area (Å²) in [5, 5.41) is 3.29. The Morgan fingerprint density at radius 3 is 2.20 bits per heavy atom. The van der Waals surface area contributed by atoms with Crippen molar-refractivity contribution in [3.05, 3.63) is 70.8 Å². The Balaban J connectivity index is 2.13. The number of rotatable bonds is 4. The normalized spacial score (nSPS) is 14.1. The summed E-state index contributed by atoms with van der Waals surface area (Å²) >= 11 is 0. The standard InChI is InChI=1S/C17H19F2N/c1-11-7-9-14(10-8-11)12(2)20-13(3)15-5-4-6-16(18)17(15)19/h4-10,12-13,20H,1-3H3. The molecule has 2 aromatic carbocycles. The summed E-state index contributed by atoms with van der Waals surface area (Å²) in [7, 11) is 0. The van der Waals surface area contributed by atoms with Gasteiger partial charge in [-0.2, -0.15) is 0 Å². The number of aryl methyl sites for hydroxylation is 1. The number of halogens is 2. The zero-order chi connectivity index (χ0) is 14.7. The summed E-state index contributed by atoms with van der Waals surface area (Å²) in [5.41, 5.74) is 2.67. The van der Waals surface area contributed by atoms with Crippen LogP contribution in [0.2, 0.25) is 0 Å². The average Bonchev–Trinajstić information content (AvgIpc) is 2.42. The van der Waals surface area contributed by atoms with Gasteiger partial charge in [-0.15, -0.1) is 0 Å². The highest BCUT2D eigenvalue weighted by atomic mass is 19.2. The van der Waals surface area contributed by atoms with Gasteiger partial charge in [-0.3, -0.25) is 0 Å². The smallest absolute Gasteiger partial charge is 0.163 e. The second-order valence-corrected chi connectivity index (χ2v) is 5.16. The third kappa shape index (κ3) is 3.23. The summed E-state index contributed by atoms with van der Waals surface area (Å²) in [6.07, 6.45) is 0. The van der Waals surface area contributed by atoms with E-state index in [0.29, 0.717) is 5.56 Å². The van der Waals surface area contributed by atoms with Gasteiger partial charge in [0, 0.05) is 17.6 Å². The van der Waals surface area contributed by atoms with E-state index in [0.717, 1.165) is 11.6 Å². The lowest BCUT2D eigenvalue weighted by Gasteiger charge is -2.21. The fraction of sp³-hybridized carbons (Fsp3) is 0.294. The van der Waals surface area contributed by atoms with Crippen molar-refractivity contribution in [2.24, 2.45) is 0 Å². The third-order valence-corrected chi connectivity index (χ3v) is 3.53. The quantitative estimate of drug-likeness (QED) is 0.854. The minimum Gasteiger partial charge on any atom is -0.304 e. The van der Waals surface area contributed by atoms with E-state index in [-0.39, 0.29) is 12.1 Å². The topological polar surface area (TPSA) is 12.0 Å². The molecule has 0 saturated carbocycles. The largest absolute Gasteiger partial charge is 0.304 e. The molecular formula is C17H19F2N. The Kier molecular flexibility index (Phi) is 4.50. The lowest BCUT2D eigenvalue weighted by atomic mass is 10.0. The van der Waals surface area contributed by atoms with Crippen LogP contribution in [0.3, 0.4) is 0 Å². The van der Waals surface area contributed by atoms with Gasteiger partial charge in [0.1, 0.15) is 0 Å². The molecule has 0 saturated heterocycles. The van der Waals surface area contributed by atoms with Crippen LogP contribution < -0.4 is 5.32 Å². The molecule has 2 unspecified atom stereocenters. The van der Waals surface area contributed by atoms with Crippen LogP contribution >= 0.6 is 0 Å². The van der Waals surface area contributed by atoms with Crippen molar-refractivity contribution in [2.75, 3.05) is 0 Å². The fourth-order valence-corrected chi connectivity index (χ4v) is 2.27. The zero-order valence-electron chi connectivity index (χ0n) is 12.0. The Morgan fingerprint density at radius 1 is 0.900 bits per heavy atom. The van der Waals surface area contributed by atoms with Crippen LogP contribution in [-0.2, 0) is 0 Å². The molecule has 0 fully saturated rings. The number of benzene rings is 2. The van der Waals surface area contributed by atoms with E-state index in [1.54, 1.807) is 6.07 Å². The summed E-state index contributed by atoms with van der Waals surface area (Å²) in [5.74, 6) is -1.58. The Hall–Kier alpha value is -1.74. The monoisotopic (exact) mass is 275 g/mol. The van der Waals surface area contributed by atoms with Crippen LogP contribution in [0.25, 0.3) is 0 Å².